The minimum Gasteiger partial charge on any atom is -0.469 e. The molecule has 0 radical (unpaired) electrons. The fraction of sp³-hybridized carbons (Fsp3) is 0.346. The average Bonchev–Trinajstić information content (AvgIpc) is 2.85. The molecule has 3 saturated carbocycles. The summed E-state index contributed by atoms with van der Waals surface area (Å²) in [6.07, 6.45) is 4.38. The molecule has 3 aromatic rings. The summed E-state index contributed by atoms with van der Waals surface area (Å²) in [7, 11) is 1.47. The highest BCUT2D eigenvalue weighted by molar-refractivity contribution is 6.28. The van der Waals surface area contributed by atoms with Crippen LogP contribution < -0.4 is 10.2 Å². The van der Waals surface area contributed by atoms with E-state index in [-0.39, 0.29) is 23.2 Å². The first-order valence-corrected chi connectivity index (χ1v) is 11.8. The third-order valence-corrected chi connectivity index (χ3v) is 7.12. The summed E-state index contributed by atoms with van der Waals surface area (Å²) in [5.74, 6) is 1.73. The molecule has 3 fully saturated rings. The van der Waals surface area contributed by atoms with Gasteiger partial charge in [-0.15, -0.1) is 0 Å². The zero-order valence-electron chi connectivity index (χ0n) is 18.5. The lowest BCUT2D eigenvalue weighted by atomic mass is 9.61. The van der Waals surface area contributed by atoms with E-state index in [4.69, 9.17) is 16.3 Å². The maximum Gasteiger partial charge on any atom is 0.311 e. The molecule has 1 heterocycles. The van der Waals surface area contributed by atoms with E-state index in [9.17, 15) is 4.79 Å². The fourth-order valence-electron chi connectivity index (χ4n) is 5.47. The molecular formula is C26H27ClN4O2. The maximum absolute atomic E-state index is 12.6. The molecule has 7 heteroatoms. The number of fused-ring (bicyclic) bond motifs is 3. The highest BCUT2D eigenvalue weighted by atomic mass is 35.5. The molecule has 6 rings (SSSR count). The summed E-state index contributed by atoms with van der Waals surface area (Å²) in [6, 6.07) is 21.9. The minimum absolute atomic E-state index is 0.0225. The molecule has 0 saturated heterocycles. The van der Waals surface area contributed by atoms with Crippen LogP contribution in [-0.4, -0.2) is 29.1 Å². The topological polar surface area (TPSA) is 67.3 Å². The SMILES string of the molecule is COC(=O)C1C2CCC(CC2)C1Nc1cc(N(c2ccccc2)c2ccccc2)nc(Cl)n1. The van der Waals surface area contributed by atoms with Gasteiger partial charge in [0.2, 0.25) is 5.28 Å². The van der Waals surface area contributed by atoms with E-state index in [0.717, 1.165) is 37.1 Å². The van der Waals surface area contributed by atoms with Crippen LogP contribution >= 0.6 is 11.6 Å². The van der Waals surface area contributed by atoms with Gasteiger partial charge in [-0.1, -0.05) is 36.4 Å². The van der Waals surface area contributed by atoms with Crippen LogP contribution in [0.4, 0.5) is 23.0 Å². The van der Waals surface area contributed by atoms with Crippen LogP contribution in [0.15, 0.2) is 66.7 Å². The lowest BCUT2D eigenvalue weighted by molar-refractivity contribution is -0.152. The minimum atomic E-state index is -0.168. The number of para-hydroxylation sites is 2. The molecule has 1 N–H and O–H groups in total. The maximum atomic E-state index is 12.6. The van der Waals surface area contributed by atoms with Crippen LogP contribution in [0.2, 0.25) is 5.28 Å². The number of hydrogen-bond donors (Lipinski definition) is 1. The van der Waals surface area contributed by atoms with Gasteiger partial charge < -0.3 is 10.1 Å². The Bertz CT molecular complexity index is 1060. The molecule has 2 atom stereocenters. The third kappa shape index (κ3) is 4.40. The van der Waals surface area contributed by atoms with Crippen molar-refractivity contribution in [1.82, 2.24) is 9.97 Å². The lowest BCUT2D eigenvalue weighted by Crippen LogP contribution is -2.51. The highest BCUT2D eigenvalue weighted by Crippen LogP contribution is 2.47. The van der Waals surface area contributed by atoms with Crippen LogP contribution in [0, 0.1) is 17.8 Å². The van der Waals surface area contributed by atoms with Crippen molar-refractivity contribution in [3.05, 3.63) is 72.0 Å². The van der Waals surface area contributed by atoms with Gasteiger partial charge in [-0.2, -0.15) is 4.98 Å². The molecule has 2 aromatic carbocycles. The zero-order valence-corrected chi connectivity index (χ0v) is 19.3. The number of ether oxygens (including phenoxy) is 1. The van der Waals surface area contributed by atoms with E-state index in [0.29, 0.717) is 23.5 Å². The van der Waals surface area contributed by atoms with E-state index >= 15 is 0 Å². The Morgan fingerprint density at radius 1 is 0.939 bits per heavy atom. The van der Waals surface area contributed by atoms with Gasteiger partial charge in [-0.3, -0.25) is 9.69 Å². The summed E-state index contributed by atoms with van der Waals surface area (Å²) >= 11 is 6.41. The number of hydrogen-bond acceptors (Lipinski definition) is 6. The number of anilines is 4. The Labute approximate surface area is 199 Å². The van der Waals surface area contributed by atoms with Gasteiger partial charge >= 0.3 is 5.97 Å². The Balaban J connectivity index is 1.51. The van der Waals surface area contributed by atoms with Crippen molar-refractivity contribution in [2.45, 2.75) is 31.7 Å². The number of carbonyl (C=O) groups excluding carboxylic acids is 1. The zero-order chi connectivity index (χ0) is 22.8. The predicted molar refractivity (Wildman–Crippen MR) is 130 cm³/mol. The number of rotatable bonds is 6. The fourth-order valence-corrected chi connectivity index (χ4v) is 5.64. The number of nitrogens with one attached hydrogen (secondary N) is 1. The number of nitrogens with zero attached hydrogens (tertiary/aromatic N) is 3. The Hall–Kier alpha value is -3.12. The Morgan fingerprint density at radius 2 is 1.52 bits per heavy atom. The van der Waals surface area contributed by atoms with Crippen molar-refractivity contribution >= 4 is 40.6 Å². The molecule has 0 amide bonds. The first kappa shape index (κ1) is 21.7. The van der Waals surface area contributed by atoms with E-state index in [1.54, 1.807) is 0 Å². The standard InChI is InChI=1S/C26H27ClN4O2/c1-33-25(32)23-17-12-14-18(15-13-17)24(23)28-21-16-22(30-26(27)29-21)31(19-8-4-2-5-9-19)20-10-6-3-7-11-20/h2-11,16-18,23-24H,12-15H2,1H3,(H,28,29,30). The normalized spacial score (nSPS) is 23.7. The lowest BCUT2D eigenvalue weighted by Gasteiger charge is -2.47. The molecule has 1 aromatic heterocycles. The summed E-state index contributed by atoms with van der Waals surface area (Å²) in [5.41, 5.74) is 1.93. The van der Waals surface area contributed by atoms with E-state index < -0.39 is 0 Å². The Morgan fingerprint density at radius 3 is 2.09 bits per heavy atom. The highest BCUT2D eigenvalue weighted by Gasteiger charge is 2.48. The third-order valence-electron chi connectivity index (χ3n) is 6.95. The molecule has 0 spiro atoms. The number of carbonyl (C=O) groups is 1. The summed E-state index contributed by atoms with van der Waals surface area (Å²) in [5, 5.41) is 3.71. The van der Waals surface area contributed by atoms with Gasteiger partial charge in [0.1, 0.15) is 11.6 Å². The van der Waals surface area contributed by atoms with Crippen LogP contribution in [0.5, 0.6) is 0 Å². The largest absolute Gasteiger partial charge is 0.469 e. The molecule has 3 aliphatic carbocycles. The van der Waals surface area contributed by atoms with Crippen LogP contribution in [-0.2, 0) is 9.53 Å². The van der Waals surface area contributed by atoms with Gasteiger partial charge in [0.25, 0.3) is 0 Å². The van der Waals surface area contributed by atoms with Crippen molar-refractivity contribution in [1.29, 1.82) is 0 Å². The molecule has 33 heavy (non-hydrogen) atoms. The molecular weight excluding hydrogens is 436 g/mol. The van der Waals surface area contributed by atoms with E-state index in [2.05, 4.69) is 15.3 Å². The van der Waals surface area contributed by atoms with Crippen LogP contribution in [0.3, 0.4) is 0 Å². The number of halogens is 1. The van der Waals surface area contributed by atoms with Gasteiger partial charge in [-0.25, -0.2) is 4.98 Å². The van der Waals surface area contributed by atoms with Crippen LogP contribution in [0.1, 0.15) is 25.7 Å². The second-order valence-electron chi connectivity index (χ2n) is 8.78. The van der Waals surface area contributed by atoms with Gasteiger partial charge in [-0.05, 0) is 73.4 Å². The van der Waals surface area contributed by atoms with Gasteiger partial charge in [0.15, 0.2) is 0 Å². The first-order valence-electron chi connectivity index (χ1n) is 11.4. The Kier molecular flexibility index (Phi) is 6.18. The molecule has 0 aliphatic heterocycles. The summed E-state index contributed by atoms with van der Waals surface area (Å²) in [4.78, 5) is 23.7. The summed E-state index contributed by atoms with van der Waals surface area (Å²) in [6.45, 7) is 0. The molecule has 170 valence electrons. The van der Waals surface area contributed by atoms with Crippen LogP contribution in [0.25, 0.3) is 0 Å². The second kappa shape index (κ2) is 9.40. The number of benzene rings is 2. The average molecular weight is 463 g/mol. The predicted octanol–water partition coefficient (Wildman–Crippen LogP) is 5.99. The van der Waals surface area contributed by atoms with Gasteiger partial charge in [0.05, 0.1) is 13.0 Å². The van der Waals surface area contributed by atoms with Crippen molar-refractivity contribution in [3.63, 3.8) is 0 Å². The first-order chi connectivity index (χ1) is 16.1. The monoisotopic (exact) mass is 462 g/mol. The summed E-state index contributed by atoms with van der Waals surface area (Å²) < 4.78 is 5.17. The number of methoxy groups -OCH3 is 1. The van der Waals surface area contributed by atoms with E-state index in [1.807, 2.05) is 71.6 Å². The van der Waals surface area contributed by atoms with Crippen molar-refractivity contribution in [2.75, 3.05) is 17.3 Å². The quantitative estimate of drug-likeness (QED) is 0.358. The van der Waals surface area contributed by atoms with Crippen molar-refractivity contribution in [3.8, 4) is 0 Å². The van der Waals surface area contributed by atoms with Crippen molar-refractivity contribution < 1.29 is 9.53 Å². The number of esters is 1. The van der Waals surface area contributed by atoms with Crippen molar-refractivity contribution in [2.24, 2.45) is 17.8 Å². The van der Waals surface area contributed by atoms with E-state index in [1.165, 1.54) is 7.11 Å². The van der Waals surface area contributed by atoms with Gasteiger partial charge in [0, 0.05) is 23.5 Å². The smallest absolute Gasteiger partial charge is 0.311 e. The molecule has 2 bridgehead atoms. The molecule has 2 unspecified atom stereocenters. The molecule has 3 aliphatic rings. The molecule has 6 nitrogen and oxygen atoms in total. The number of aromatic nitrogens is 2. The second-order valence-corrected chi connectivity index (χ2v) is 9.12.